The molecule has 0 amide bonds. The molecule has 2 aliphatic rings. The van der Waals surface area contributed by atoms with Crippen molar-refractivity contribution in [2.45, 2.75) is 58.2 Å². The Kier molecular flexibility index (Phi) is 3.74. The highest BCUT2D eigenvalue weighted by molar-refractivity contribution is 5.40. The number of aromatic nitrogens is 1. The van der Waals surface area contributed by atoms with E-state index in [1.165, 1.54) is 37.8 Å². The summed E-state index contributed by atoms with van der Waals surface area (Å²) in [6.45, 7) is 6.64. The van der Waals surface area contributed by atoms with Crippen LogP contribution in [-0.4, -0.2) is 23.6 Å². The summed E-state index contributed by atoms with van der Waals surface area (Å²) in [5.74, 6) is 2.04. The van der Waals surface area contributed by atoms with Crippen LogP contribution in [0.5, 0.6) is 0 Å². The lowest BCUT2D eigenvalue weighted by molar-refractivity contribution is 0.635. The van der Waals surface area contributed by atoms with E-state index in [0.717, 1.165) is 24.3 Å². The molecule has 1 aromatic heterocycles. The van der Waals surface area contributed by atoms with Crippen molar-refractivity contribution in [3.8, 4) is 0 Å². The highest BCUT2D eigenvalue weighted by atomic mass is 15.2. The topological polar surface area (TPSA) is 28.2 Å². The Balaban J connectivity index is 1.61. The quantitative estimate of drug-likeness (QED) is 0.816. The first-order chi connectivity index (χ1) is 9.22. The fourth-order valence-electron chi connectivity index (χ4n) is 2.39. The average molecular weight is 259 g/mol. The van der Waals surface area contributed by atoms with Crippen LogP contribution in [0.15, 0.2) is 18.3 Å². The molecule has 0 radical (unpaired) electrons. The summed E-state index contributed by atoms with van der Waals surface area (Å²) in [7, 11) is 0. The third-order valence-corrected chi connectivity index (χ3v) is 4.05. The second-order valence-electron chi connectivity index (χ2n) is 6.37. The van der Waals surface area contributed by atoms with Gasteiger partial charge < -0.3 is 10.2 Å². The second-order valence-corrected chi connectivity index (χ2v) is 6.37. The van der Waals surface area contributed by atoms with Crippen LogP contribution in [0.2, 0.25) is 0 Å². The fraction of sp³-hybridized carbons (Fsp3) is 0.688. The van der Waals surface area contributed by atoms with Crippen LogP contribution in [0.25, 0.3) is 0 Å². The Morgan fingerprint density at radius 1 is 1.26 bits per heavy atom. The molecule has 1 aromatic rings. The van der Waals surface area contributed by atoms with Gasteiger partial charge in [-0.25, -0.2) is 4.98 Å². The number of hydrogen-bond donors (Lipinski definition) is 1. The maximum atomic E-state index is 4.67. The first kappa shape index (κ1) is 12.9. The van der Waals surface area contributed by atoms with Crippen LogP contribution >= 0.6 is 0 Å². The van der Waals surface area contributed by atoms with Gasteiger partial charge in [-0.3, -0.25) is 0 Å². The van der Waals surface area contributed by atoms with Crippen LogP contribution < -0.4 is 10.2 Å². The third-order valence-electron chi connectivity index (χ3n) is 4.05. The molecule has 0 bridgehead atoms. The first-order valence-corrected chi connectivity index (χ1v) is 7.67. The van der Waals surface area contributed by atoms with Crippen molar-refractivity contribution in [2.24, 2.45) is 5.92 Å². The SMILES string of the molecule is CC(C)N(CC1CC1)c1ccc(CNC2CC2)cn1. The minimum atomic E-state index is 0.531. The standard InChI is InChI=1S/C16H25N3/c1-12(2)19(11-13-3-4-13)16-8-5-14(10-18-16)9-17-15-6-7-15/h5,8,10,12-13,15,17H,3-4,6-7,9,11H2,1-2H3. The Labute approximate surface area is 116 Å². The van der Waals surface area contributed by atoms with Gasteiger partial charge in [0.25, 0.3) is 0 Å². The van der Waals surface area contributed by atoms with Gasteiger partial charge in [-0.2, -0.15) is 0 Å². The number of pyridine rings is 1. The van der Waals surface area contributed by atoms with Gasteiger partial charge in [0, 0.05) is 31.4 Å². The van der Waals surface area contributed by atoms with Gasteiger partial charge in [-0.05, 0) is 57.1 Å². The molecule has 0 unspecified atom stereocenters. The summed E-state index contributed by atoms with van der Waals surface area (Å²) < 4.78 is 0. The van der Waals surface area contributed by atoms with Gasteiger partial charge in [0.15, 0.2) is 0 Å². The van der Waals surface area contributed by atoms with E-state index >= 15 is 0 Å². The maximum Gasteiger partial charge on any atom is 0.128 e. The Hall–Kier alpha value is -1.09. The molecule has 2 aliphatic carbocycles. The van der Waals surface area contributed by atoms with Gasteiger partial charge in [0.2, 0.25) is 0 Å². The fourth-order valence-corrected chi connectivity index (χ4v) is 2.39. The van der Waals surface area contributed by atoms with Gasteiger partial charge in [-0.15, -0.1) is 0 Å². The molecular formula is C16H25N3. The zero-order chi connectivity index (χ0) is 13.2. The predicted molar refractivity (Wildman–Crippen MR) is 79.3 cm³/mol. The summed E-state index contributed by atoms with van der Waals surface area (Å²) in [5, 5.41) is 3.53. The summed E-state index contributed by atoms with van der Waals surface area (Å²) >= 11 is 0. The van der Waals surface area contributed by atoms with E-state index in [1.54, 1.807) is 0 Å². The van der Waals surface area contributed by atoms with Gasteiger partial charge in [-0.1, -0.05) is 6.07 Å². The molecular weight excluding hydrogens is 234 g/mol. The molecule has 0 atom stereocenters. The van der Waals surface area contributed by atoms with Crippen LogP contribution in [0.3, 0.4) is 0 Å². The molecule has 0 aliphatic heterocycles. The minimum absolute atomic E-state index is 0.531. The molecule has 0 aromatic carbocycles. The Bertz CT molecular complexity index is 405. The van der Waals surface area contributed by atoms with Crippen molar-refractivity contribution < 1.29 is 0 Å². The monoisotopic (exact) mass is 259 g/mol. The van der Waals surface area contributed by atoms with Gasteiger partial charge >= 0.3 is 0 Å². The number of hydrogen-bond acceptors (Lipinski definition) is 3. The van der Waals surface area contributed by atoms with E-state index in [4.69, 9.17) is 0 Å². The number of nitrogens with one attached hydrogen (secondary N) is 1. The summed E-state index contributed by atoms with van der Waals surface area (Å²) in [6.07, 6.45) is 7.51. The van der Waals surface area contributed by atoms with Crippen LogP contribution in [0, 0.1) is 5.92 Å². The van der Waals surface area contributed by atoms with Gasteiger partial charge in [0.05, 0.1) is 0 Å². The average Bonchev–Trinajstić information content (AvgIpc) is 3.27. The van der Waals surface area contributed by atoms with Crippen molar-refractivity contribution in [3.05, 3.63) is 23.9 Å². The lowest BCUT2D eigenvalue weighted by Gasteiger charge is -2.28. The van der Waals surface area contributed by atoms with Crippen molar-refractivity contribution in [1.29, 1.82) is 0 Å². The summed E-state index contributed by atoms with van der Waals surface area (Å²) in [5.41, 5.74) is 1.30. The molecule has 3 rings (SSSR count). The maximum absolute atomic E-state index is 4.67. The molecule has 3 nitrogen and oxygen atoms in total. The molecule has 3 heteroatoms. The largest absolute Gasteiger partial charge is 0.354 e. The molecule has 104 valence electrons. The number of anilines is 1. The van der Waals surface area contributed by atoms with E-state index in [2.05, 4.69) is 41.2 Å². The molecule has 2 saturated carbocycles. The number of rotatable bonds is 7. The second kappa shape index (κ2) is 5.49. The normalized spacial score (nSPS) is 18.9. The predicted octanol–water partition coefficient (Wildman–Crippen LogP) is 2.96. The van der Waals surface area contributed by atoms with E-state index in [-0.39, 0.29) is 0 Å². The highest BCUT2D eigenvalue weighted by Gasteiger charge is 2.26. The molecule has 0 spiro atoms. The van der Waals surface area contributed by atoms with E-state index in [9.17, 15) is 0 Å². The van der Waals surface area contributed by atoms with Crippen LogP contribution in [-0.2, 0) is 6.54 Å². The summed E-state index contributed by atoms with van der Waals surface area (Å²) in [4.78, 5) is 7.11. The van der Waals surface area contributed by atoms with Crippen molar-refractivity contribution >= 4 is 5.82 Å². The minimum Gasteiger partial charge on any atom is -0.354 e. The molecule has 2 fully saturated rings. The molecule has 19 heavy (non-hydrogen) atoms. The van der Waals surface area contributed by atoms with E-state index < -0.39 is 0 Å². The molecule has 1 N–H and O–H groups in total. The van der Waals surface area contributed by atoms with Crippen LogP contribution in [0.4, 0.5) is 5.82 Å². The zero-order valence-corrected chi connectivity index (χ0v) is 12.1. The first-order valence-electron chi connectivity index (χ1n) is 7.67. The van der Waals surface area contributed by atoms with E-state index in [1.807, 2.05) is 6.20 Å². The van der Waals surface area contributed by atoms with Crippen molar-refractivity contribution in [2.75, 3.05) is 11.4 Å². The smallest absolute Gasteiger partial charge is 0.128 e. The summed E-state index contributed by atoms with van der Waals surface area (Å²) in [6, 6.07) is 5.71. The van der Waals surface area contributed by atoms with Crippen molar-refractivity contribution in [3.63, 3.8) is 0 Å². The third kappa shape index (κ3) is 3.69. The van der Waals surface area contributed by atoms with Crippen LogP contribution in [0.1, 0.15) is 45.1 Å². The highest BCUT2D eigenvalue weighted by Crippen LogP contribution is 2.31. The van der Waals surface area contributed by atoms with Gasteiger partial charge in [0.1, 0.15) is 5.82 Å². The number of nitrogens with zero attached hydrogens (tertiary/aromatic N) is 2. The Morgan fingerprint density at radius 2 is 2.05 bits per heavy atom. The lowest BCUT2D eigenvalue weighted by atomic mass is 10.2. The Morgan fingerprint density at radius 3 is 2.58 bits per heavy atom. The molecule has 1 heterocycles. The molecule has 0 saturated heterocycles. The van der Waals surface area contributed by atoms with E-state index in [0.29, 0.717) is 6.04 Å². The van der Waals surface area contributed by atoms with Crippen molar-refractivity contribution in [1.82, 2.24) is 10.3 Å². The zero-order valence-electron chi connectivity index (χ0n) is 12.1. The lowest BCUT2D eigenvalue weighted by Crippen LogP contribution is -2.33.